The van der Waals surface area contributed by atoms with Crippen molar-refractivity contribution >= 4 is 27.9 Å². The Morgan fingerprint density at radius 3 is 1.65 bits per heavy atom. The van der Waals surface area contributed by atoms with Crippen molar-refractivity contribution in [3.63, 3.8) is 0 Å². The number of aliphatic hydroxyl groups excluding tert-OH is 1. The summed E-state index contributed by atoms with van der Waals surface area (Å²) >= 11 is 1.14. The van der Waals surface area contributed by atoms with Crippen molar-refractivity contribution in [2.45, 2.75) is 93.7 Å². The van der Waals surface area contributed by atoms with Crippen molar-refractivity contribution in [3.8, 4) is 0 Å². The molecule has 2 heteroatoms. The number of hydrogen-bond acceptors (Lipinski definition) is 1. The van der Waals surface area contributed by atoms with Crippen LogP contribution in [0.5, 0.6) is 0 Å². The van der Waals surface area contributed by atoms with Crippen LogP contribution in [0.4, 0.5) is 0 Å². The monoisotopic (exact) mass is 250 g/mol. The van der Waals surface area contributed by atoms with Gasteiger partial charge in [-0.1, -0.05) is 6.92 Å². The van der Waals surface area contributed by atoms with Crippen molar-refractivity contribution in [1.29, 1.82) is 0 Å². The molecule has 0 spiro atoms. The maximum absolute atomic E-state index is 9.40. The van der Waals surface area contributed by atoms with Crippen LogP contribution in [0.2, 0.25) is 3.17 Å². The molecule has 0 saturated carbocycles. The zero-order chi connectivity index (χ0) is 12.9. The van der Waals surface area contributed by atoms with Gasteiger partial charge in [-0.25, -0.2) is 0 Å². The molecule has 0 aliphatic carbocycles. The minimum atomic E-state index is -0.0692. The zero-order valence-corrected chi connectivity index (χ0v) is 14.4. The van der Waals surface area contributed by atoms with Gasteiger partial charge in [0.25, 0.3) is 0 Å². The Morgan fingerprint density at radius 1 is 0.824 bits per heavy atom. The number of hydrogen-bond donors (Lipinski definition) is 1. The van der Waals surface area contributed by atoms with E-state index in [1.165, 1.54) is 70.6 Å². The SMILES string of the molecule is CCCCCCCCCCCC[CH]([Na])C(C)O. The molecule has 0 amide bonds. The first kappa shape index (κ1) is 18.0. The van der Waals surface area contributed by atoms with Crippen LogP contribution in [0.15, 0.2) is 0 Å². The van der Waals surface area contributed by atoms with Crippen LogP contribution in [0.3, 0.4) is 0 Å². The quantitative estimate of drug-likeness (QED) is 0.395. The van der Waals surface area contributed by atoms with Gasteiger partial charge in [0, 0.05) is 0 Å². The van der Waals surface area contributed by atoms with Crippen LogP contribution in [-0.2, 0) is 0 Å². The molecule has 1 N–H and O–H groups in total. The fraction of sp³-hybridized carbons (Fsp3) is 1.00. The first-order valence-electron chi connectivity index (χ1n) is 7.86. The van der Waals surface area contributed by atoms with E-state index < -0.39 is 0 Å². The molecule has 0 heterocycles. The first-order valence-corrected chi connectivity index (χ1v) is 9.02. The van der Waals surface area contributed by atoms with Crippen LogP contribution >= 0.6 is 0 Å². The molecule has 2 atom stereocenters. The third-order valence-corrected chi connectivity index (χ3v) is 5.38. The van der Waals surface area contributed by atoms with Crippen LogP contribution in [-0.4, -0.2) is 39.1 Å². The van der Waals surface area contributed by atoms with E-state index in [1.54, 1.807) is 0 Å². The van der Waals surface area contributed by atoms with E-state index in [2.05, 4.69) is 6.92 Å². The second kappa shape index (κ2) is 13.4. The average Bonchev–Trinajstić information content (AvgIpc) is 2.31. The molecule has 0 bridgehead atoms. The summed E-state index contributed by atoms with van der Waals surface area (Å²) in [6.45, 7) is 4.21. The van der Waals surface area contributed by atoms with E-state index in [4.69, 9.17) is 0 Å². The minimum absolute atomic E-state index is 0.0692. The summed E-state index contributed by atoms with van der Waals surface area (Å²) in [7, 11) is 0. The summed E-state index contributed by atoms with van der Waals surface area (Å²) < 4.78 is 0.615. The predicted molar refractivity (Wildman–Crippen MR) is 77.6 cm³/mol. The molecule has 0 aliphatic heterocycles. The Bertz CT molecular complexity index is 148. The standard InChI is InChI=1S/C15H31O.Na/c1-3-4-5-6-7-8-9-10-11-12-13-14-15(2)16;/h14-16H,3-13H2,1-2H3;. The van der Waals surface area contributed by atoms with Gasteiger partial charge in [0.1, 0.15) is 0 Å². The van der Waals surface area contributed by atoms with E-state index in [1.807, 2.05) is 6.92 Å². The predicted octanol–water partition coefficient (Wildman–Crippen LogP) is 4.64. The van der Waals surface area contributed by atoms with Crippen LogP contribution in [0.1, 0.15) is 84.5 Å². The van der Waals surface area contributed by atoms with Gasteiger partial charge in [0.2, 0.25) is 0 Å². The van der Waals surface area contributed by atoms with Crippen molar-refractivity contribution < 1.29 is 5.11 Å². The fourth-order valence-electron chi connectivity index (χ4n) is 2.19. The van der Waals surface area contributed by atoms with Gasteiger partial charge in [-0.2, -0.15) is 0 Å². The molecule has 0 fully saturated rings. The molecule has 0 radical (unpaired) electrons. The molecule has 98 valence electrons. The third kappa shape index (κ3) is 13.2. The maximum atomic E-state index is 9.40. The second-order valence-electron chi connectivity index (χ2n) is 5.69. The Labute approximate surface area is 126 Å². The van der Waals surface area contributed by atoms with E-state index in [-0.39, 0.29) is 6.10 Å². The van der Waals surface area contributed by atoms with Crippen molar-refractivity contribution in [3.05, 3.63) is 0 Å². The normalized spacial score (nSPS) is 14.9. The van der Waals surface area contributed by atoms with Gasteiger partial charge in [0.15, 0.2) is 0 Å². The summed E-state index contributed by atoms with van der Waals surface area (Å²) in [6, 6.07) is 0. The Kier molecular flexibility index (Phi) is 14.1. The summed E-state index contributed by atoms with van der Waals surface area (Å²) in [6.07, 6.45) is 15.2. The van der Waals surface area contributed by atoms with Crippen molar-refractivity contribution in [2.24, 2.45) is 0 Å². The average molecular weight is 250 g/mol. The van der Waals surface area contributed by atoms with Gasteiger partial charge >= 0.3 is 120 Å². The Morgan fingerprint density at radius 2 is 1.24 bits per heavy atom. The van der Waals surface area contributed by atoms with E-state index in [0.717, 1.165) is 27.9 Å². The zero-order valence-electron chi connectivity index (χ0n) is 12.4. The molecule has 0 saturated heterocycles. The molecular formula is C15H31NaO. The molecule has 2 unspecified atom stereocenters. The van der Waals surface area contributed by atoms with Crippen LogP contribution < -0.4 is 0 Å². The van der Waals surface area contributed by atoms with Crippen molar-refractivity contribution in [2.75, 3.05) is 0 Å². The summed E-state index contributed by atoms with van der Waals surface area (Å²) in [5.74, 6) is 0. The molecular weight excluding hydrogens is 219 g/mol. The molecule has 0 aromatic carbocycles. The first-order chi connectivity index (χ1) is 8.18. The number of unbranched alkanes of at least 4 members (excludes halogenated alkanes) is 9. The van der Waals surface area contributed by atoms with Crippen molar-refractivity contribution in [1.82, 2.24) is 0 Å². The van der Waals surface area contributed by atoms with Gasteiger partial charge in [-0.15, -0.1) is 0 Å². The summed E-state index contributed by atoms with van der Waals surface area (Å²) in [4.78, 5) is 0. The third-order valence-electron chi connectivity index (χ3n) is 3.84. The van der Waals surface area contributed by atoms with Gasteiger partial charge in [-0.3, -0.25) is 0 Å². The van der Waals surface area contributed by atoms with Gasteiger partial charge in [-0.05, 0) is 0 Å². The van der Waals surface area contributed by atoms with E-state index in [9.17, 15) is 5.11 Å². The number of rotatable bonds is 12. The van der Waals surface area contributed by atoms with E-state index >= 15 is 0 Å². The topological polar surface area (TPSA) is 20.2 Å². The van der Waals surface area contributed by atoms with E-state index in [0.29, 0.717) is 3.17 Å². The molecule has 0 rings (SSSR count). The molecule has 0 aromatic rings. The Hall–Kier alpha value is 0.960. The van der Waals surface area contributed by atoms with Crippen LogP contribution in [0.25, 0.3) is 0 Å². The Balaban J connectivity index is 3.03. The molecule has 17 heavy (non-hydrogen) atoms. The molecule has 0 aromatic heterocycles. The molecule has 1 nitrogen and oxygen atoms in total. The summed E-state index contributed by atoms with van der Waals surface area (Å²) in [5.41, 5.74) is 0. The second-order valence-corrected chi connectivity index (χ2v) is 7.17. The fourth-order valence-corrected chi connectivity index (χ4v) is 2.60. The van der Waals surface area contributed by atoms with Gasteiger partial charge in [0.05, 0.1) is 0 Å². The van der Waals surface area contributed by atoms with Gasteiger partial charge < -0.3 is 0 Å². The number of aliphatic hydroxyl groups is 1. The van der Waals surface area contributed by atoms with Crippen LogP contribution in [0, 0.1) is 0 Å². The summed E-state index contributed by atoms with van der Waals surface area (Å²) in [5, 5.41) is 9.40. The molecule has 0 aliphatic rings.